The van der Waals surface area contributed by atoms with E-state index in [2.05, 4.69) is 62.1 Å². The highest BCUT2D eigenvalue weighted by molar-refractivity contribution is 7.86. The molecule has 1 aliphatic carbocycles. The molecule has 0 aromatic carbocycles. The Morgan fingerprint density at radius 3 is 2.63 bits per heavy atom. The van der Waals surface area contributed by atoms with Crippen molar-refractivity contribution in [3.8, 4) is 22.6 Å². The molecule has 9 rings (SSSR count). The summed E-state index contributed by atoms with van der Waals surface area (Å²) in [4.78, 5) is 16.8. The highest BCUT2D eigenvalue weighted by Gasteiger charge is 2.52. The van der Waals surface area contributed by atoms with Gasteiger partial charge in [0.1, 0.15) is 6.17 Å². The first-order valence-electron chi connectivity index (χ1n) is 21.3. The van der Waals surface area contributed by atoms with Crippen LogP contribution in [0.3, 0.4) is 0 Å². The van der Waals surface area contributed by atoms with Crippen LogP contribution in [0.2, 0.25) is 0 Å². The van der Waals surface area contributed by atoms with Gasteiger partial charge in [-0.1, -0.05) is 24.3 Å². The molecule has 312 valence electrons. The standard InChI is InChI=1S/C44H56FN11O2S/c1-29-38(24-31-11-19-49-27-36(31)42-35(7-5-16-52-42)32-6-4-15-48-26-32)56(23-21-50-29)34-12-20-51-37(25-34)43-40(41(53-54-43)30-9-17-47-18-10-30)44(14-3-2-8-39(44)45)33-13-22-55(28-33)59(46,57)58/h2-3,5,7-10,12,14,16-18,20,25,29,31-33,36,38-39,48-50H,4,6,11,13,15,19,21-24,26-28H2,1H3,(H,53,54)(H2,46,57,58)/t29-,31?,32?,33?,36?,38?,39?,44?/m1/s1. The molecule has 4 aromatic heterocycles. The van der Waals surface area contributed by atoms with Gasteiger partial charge in [-0.25, -0.2) is 9.53 Å². The number of aromatic nitrogens is 5. The number of H-pyrrole nitrogens is 1. The van der Waals surface area contributed by atoms with Gasteiger partial charge in [-0.2, -0.15) is 17.8 Å². The maximum absolute atomic E-state index is 17.1. The first-order chi connectivity index (χ1) is 28.7. The van der Waals surface area contributed by atoms with Crippen LogP contribution in [0, 0.1) is 11.8 Å². The molecule has 59 heavy (non-hydrogen) atoms. The minimum atomic E-state index is -3.97. The van der Waals surface area contributed by atoms with Crippen LogP contribution in [0.1, 0.15) is 67.7 Å². The number of rotatable bonds is 10. The van der Waals surface area contributed by atoms with Crippen molar-refractivity contribution in [3.05, 3.63) is 102 Å². The number of pyridine rings is 3. The van der Waals surface area contributed by atoms with E-state index in [1.54, 1.807) is 24.5 Å². The van der Waals surface area contributed by atoms with E-state index in [1.807, 2.05) is 36.7 Å². The Labute approximate surface area is 346 Å². The summed E-state index contributed by atoms with van der Waals surface area (Å²) in [7, 11) is -3.97. The predicted molar refractivity (Wildman–Crippen MR) is 229 cm³/mol. The third kappa shape index (κ3) is 7.77. The molecule has 15 heteroatoms. The number of hydrogen-bond acceptors (Lipinski definition) is 10. The van der Waals surface area contributed by atoms with Crippen molar-refractivity contribution >= 4 is 15.9 Å². The molecule has 8 atom stereocenters. The van der Waals surface area contributed by atoms with Crippen molar-refractivity contribution < 1.29 is 12.8 Å². The van der Waals surface area contributed by atoms with Crippen LogP contribution in [0.25, 0.3) is 22.6 Å². The highest BCUT2D eigenvalue weighted by atomic mass is 32.2. The normalized spacial score (nSPS) is 30.5. The zero-order valence-corrected chi connectivity index (χ0v) is 34.5. The molecule has 0 amide bonds. The van der Waals surface area contributed by atoms with Crippen molar-refractivity contribution in [2.24, 2.45) is 17.0 Å². The average Bonchev–Trinajstić information content (AvgIpc) is 3.96. The number of alkyl halides is 1. The summed E-state index contributed by atoms with van der Waals surface area (Å²) < 4.78 is 43.5. The SMILES string of the molecule is C[C@H]1NCCN(c2ccnc(-c3[nH]nc(-c4ccncc4)c3C3(C4CCN(S(N)(=O)=O)C4)C=CC=CC3F)c2)C1CC1CCNCC1c1ncccc1C1CCCNC1. The molecule has 13 nitrogen and oxygen atoms in total. The predicted octanol–water partition coefficient (Wildman–Crippen LogP) is 4.57. The molecule has 0 saturated carbocycles. The van der Waals surface area contributed by atoms with Crippen LogP contribution in [0.5, 0.6) is 0 Å². The second-order valence-corrected chi connectivity index (χ2v) is 18.6. The number of nitrogens with zero attached hydrogens (tertiary/aromatic N) is 6. The Morgan fingerprint density at radius 2 is 1.83 bits per heavy atom. The highest BCUT2D eigenvalue weighted by Crippen LogP contribution is 2.51. The maximum Gasteiger partial charge on any atom is 0.276 e. The third-order valence-corrected chi connectivity index (χ3v) is 14.9. The van der Waals surface area contributed by atoms with E-state index in [9.17, 15) is 8.42 Å². The molecule has 5 aliphatic rings. The molecule has 4 fully saturated rings. The summed E-state index contributed by atoms with van der Waals surface area (Å²) in [5.74, 6) is 0.808. The van der Waals surface area contributed by atoms with Gasteiger partial charge in [-0.3, -0.25) is 20.1 Å². The smallest absolute Gasteiger partial charge is 0.276 e. The molecule has 6 N–H and O–H groups in total. The first kappa shape index (κ1) is 40.0. The topological polar surface area (TPSA) is 170 Å². The van der Waals surface area contributed by atoms with Crippen molar-refractivity contribution in [1.82, 2.24) is 45.4 Å². The number of piperidine rings is 2. The summed E-state index contributed by atoms with van der Waals surface area (Å²) in [5, 5.41) is 24.9. The molecule has 8 heterocycles. The Morgan fingerprint density at radius 1 is 0.966 bits per heavy atom. The van der Waals surface area contributed by atoms with Crippen molar-refractivity contribution in [2.45, 2.75) is 74.5 Å². The summed E-state index contributed by atoms with van der Waals surface area (Å²) in [6, 6.07) is 12.8. The van der Waals surface area contributed by atoms with Gasteiger partial charge < -0.3 is 20.9 Å². The molecule has 4 aliphatic heterocycles. The van der Waals surface area contributed by atoms with Crippen LogP contribution in [0.15, 0.2) is 85.5 Å². The zero-order valence-electron chi connectivity index (χ0n) is 33.7. The maximum atomic E-state index is 17.1. The second-order valence-electron chi connectivity index (χ2n) is 17.0. The van der Waals surface area contributed by atoms with E-state index in [-0.39, 0.29) is 25.2 Å². The molecule has 0 spiro atoms. The van der Waals surface area contributed by atoms with E-state index < -0.39 is 27.7 Å². The number of piperazine rings is 1. The van der Waals surface area contributed by atoms with Gasteiger partial charge in [0.25, 0.3) is 10.2 Å². The van der Waals surface area contributed by atoms with Gasteiger partial charge in [0.2, 0.25) is 0 Å². The Kier molecular flexibility index (Phi) is 11.5. The molecule has 4 aromatic rings. The molecule has 0 bridgehead atoms. The summed E-state index contributed by atoms with van der Waals surface area (Å²) in [5.41, 5.74) is 5.68. The number of aromatic amines is 1. The largest absolute Gasteiger partial charge is 0.366 e. The number of hydrogen-bond donors (Lipinski definition) is 5. The molecule has 7 unspecified atom stereocenters. The van der Waals surface area contributed by atoms with Crippen LogP contribution < -0.4 is 26.0 Å². The van der Waals surface area contributed by atoms with Crippen LogP contribution in [0.4, 0.5) is 10.1 Å². The van der Waals surface area contributed by atoms with E-state index in [0.29, 0.717) is 46.8 Å². The fourth-order valence-electron chi connectivity index (χ4n) is 10.8. The number of allylic oxidation sites excluding steroid dienone is 4. The van der Waals surface area contributed by atoms with Crippen molar-refractivity contribution in [3.63, 3.8) is 0 Å². The minimum Gasteiger partial charge on any atom is -0.366 e. The average molecular weight is 822 g/mol. The molecule has 0 radical (unpaired) electrons. The lowest BCUT2D eigenvalue weighted by atomic mass is 9.63. The lowest BCUT2D eigenvalue weighted by Gasteiger charge is -2.45. The molecular weight excluding hydrogens is 766 g/mol. The Bertz CT molecular complexity index is 2260. The minimum absolute atomic E-state index is 0.0842. The Hall–Kier alpha value is -4.38. The van der Waals surface area contributed by atoms with E-state index in [1.165, 1.54) is 28.4 Å². The van der Waals surface area contributed by atoms with Crippen LogP contribution in [-0.2, 0) is 15.6 Å². The fourth-order valence-corrected chi connectivity index (χ4v) is 11.6. The number of nitrogens with one attached hydrogen (secondary N) is 4. The molecular formula is C44H56FN11O2S. The van der Waals surface area contributed by atoms with E-state index >= 15 is 4.39 Å². The van der Waals surface area contributed by atoms with Gasteiger partial charge in [0.05, 0.1) is 22.5 Å². The quantitative estimate of drug-likeness (QED) is 0.153. The summed E-state index contributed by atoms with van der Waals surface area (Å²) in [6.45, 7) is 8.25. The third-order valence-electron chi connectivity index (χ3n) is 13.8. The number of nitrogens with two attached hydrogens (primary N) is 1. The first-order valence-corrected chi connectivity index (χ1v) is 22.8. The lowest BCUT2D eigenvalue weighted by Crippen LogP contribution is -2.58. The van der Waals surface area contributed by atoms with Gasteiger partial charge in [0, 0.05) is 105 Å². The van der Waals surface area contributed by atoms with E-state index in [4.69, 9.17) is 20.2 Å². The van der Waals surface area contributed by atoms with Crippen LogP contribution in [-0.4, -0.2) is 108 Å². The van der Waals surface area contributed by atoms with Gasteiger partial charge >= 0.3 is 0 Å². The van der Waals surface area contributed by atoms with Gasteiger partial charge in [-0.15, -0.1) is 0 Å². The number of anilines is 1. The molecule has 4 saturated heterocycles. The fraction of sp³-hybridized carbons (Fsp3) is 0.500. The van der Waals surface area contributed by atoms with Crippen molar-refractivity contribution in [2.75, 3.05) is 57.3 Å². The lowest BCUT2D eigenvalue weighted by molar-refractivity contribution is 0.203. The van der Waals surface area contributed by atoms with E-state index in [0.717, 1.165) is 63.4 Å². The second kappa shape index (κ2) is 16.9. The Balaban J connectivity index is 1.08. The summed E-state index contributed by atoms with van der Waals surface area (Å²) >= 11 is 0. The van der Waals surface area contributed by atoms with Gasteiger partial charge in [-0.05, 0) is 112 Å². The van der Waals surface area contributed by atoms with Crippen LogP contribution >= 0.6 is 0 Å². The zero-order chi connectivity index (χ0) is 40.6. The number of halogens is 1. The summed E-state index contributed by atoms with van der Waals surface area (Å²) in [6.07, 6.45) is 17.6. The monoisotopic (exact) mass is 821 g/mol. The van der Waals surface area contributed by atoms with Gasteiger partial charge in [0.15, 0.2) is 0 Å². The van der Waals surface area contributed by atoms with Crippen molar-refractivity contribution in [1.29, 1.82) is 0 Å².